The number of halogens is 1. The molecule has 1 aromatic rings. The largest absolute Gasteiger partial charge is 0.503 e. The lowest BCUT2D eigenvalue weighted by Crippen LogP contribution is -1.90. The lowest BCUT2D eigenvalue weighted by Gasteiger charge is -2.08. The average Bonchev–Trinajstić information content (AvgIpc) is 2.12. The van der Waals surface area contributed by atoms with E-state index in [4.69, 9.17) is 21.6 Å². The zero-order chi connectivity index (χ0) is 10.0. The number of nitrogens with zero attached hydrogens (tertiary/aromatic N) is 1. The molecule has 0 amide bonds. The highest BCUT2D eigenvalue weighted by Gasteiger charge is 2.13. The molecule has 4 heteroatoms. The lowest BCUT2D eigenvalue weighted by molar-refractivity contribution is 0.372. The van der Waals surface area contributed by atoms with E-state index in [1.165, 1.54) is 13.2 Å². The maximum Gasteiger partial charge on any atom is 0.176 e. The highest BCUT2D eigenvalue weighted by molar-refractivity contribution is 6.31. The van der Waals surface area contributed by atoms with Crippen LogP contribution in [0.4, 0.5) is 0 Å². The molecule has 0 radical (unpaired) electrons. The van der Waals surface area contributed by atoms with Crippen molar-refractivity contribution in [2.45, 2.75) is 6.92 Å². The number of rotatable bonds is 1. The Morgan fingerprint density at radius 1 is 1.62 bits per heavy atom. The van der Waals surface area contributed by atoms with Crippen LogP contribution in [0.15, 0.2) is 6.07 Å². The van der Waals surface area contributed by atoms with Crippen LogP contribution in [-0.2, 0) is 0 Å². The van der Waals surface area contributed by atoms with E-state index in [0.717, 1.165) is 0 Å². The van der Waals surface area contributed by atoms with Crippen LogP contribution in [0, 0.1) is 18.3 Å². The second-order valence-corrected chi connectivity index (χ2v) is 2.93. The Morgan fingerprint density at radius 2 is 2.23 bits per heavy atom. The number of aromatic hydroxyl groups is 1. The van der Waals surface area contributed by atoms with E-state index in [9.17, 15) is 5.11 Å². The molecule has 0 atom stereocenters. The third kappa shape index (κ3) is 1.53. The quantitative estimate of drug-likeness (QED) is 0.751. The van der Waals surface area contributed by atoms with Crippen molar-refractivity contribution in [1.82, 2.24) is 0 Å². The molecule has 1 rings (SSSR count). The van der Waals surface area contributed by atoms with E-state index in [0.29, 0.717) is 10.6 Å². The second-order valence-electron chi connectivity index (χ2n) is 2.52. The number of nitriles is 1. The highest BCUT2D eigenvalue weighted by atomic mass is 35.5. The maximum atomic E-state index is 9.49. The Kier molecular flexibility index (Phi) is 2.64. The van der Waals surface area contributed by atoms with Gasteiger partial charge in [0.25, 0.3) is 0 Å². The smallest absolute Gasteiger partial charge is 0.176 e. The summed E-state index contributed by atoms with van der Waals surface area (Å²) in [5.41, 5.74) is 0.715. The number of methoxy groups -OCH3 is 1. The molecule has 0 saturated heterocycles. The van der Waals surface area contributed by atoms with Gasteiger partial charge in [-0.2, -0.15) is 5.26 Å². The Balaban J connectivity index is 3.50. The van der Waals surface area contributed by atoms with Crippen molar-refractivity contribution < 1.29 is 9.84 Å². The molecule has 0 aliphatic heterocycles. The fourth-order valence-electron chi connectivity index (χ4n) is 1.00. The van der Waals surface area contributed by atoms with E-state index in [1.807, 2.05) is 6.07 Å². The van der Waals surface area contributed by atoms with Gasteiger partial charge < -0.3 is 9.84 Å². The third-order valence-electron chi connectivity index (χ3n) is 1.79. The molecular weight excluding hydrogens is 190 g/mol. The summed E-state index contributed by atoms with van der Waals surface area (Å²) in [4.78, 5) is 0. The zero-order valence-corrected chi connectivity index (χ0v) is 8.01. The molecule has 0 bridgehead atoms. The predicted molar refractivity (Wildman–Crippen MR) is 49.1 cm³/mol. The molecule has 0 aliphatic carbocycles. The van der Waals surface area contributed by atoms with Gasteiger partial charge >= 0.3 is 0 Å². The van der Waals surface area contributed by atoms with Gasteiger partial charge in [0.05, 0.1) is 7.11 Å². The Bertz CT molecular complexity index is 382. The summed E-state index contributed by atoms with van der Waals surface area (Å²) >= 11 is 5.81. The molecule has 13 heavy (non-hydrogen) atoms. The van der Waals surface area contributed by atoms with E-state index < -0.39 is 0 Å². The number of ether oxygens (including phenoxy) is 1. The van der Waals surface area contributed by atoms with Crippen LogP contribution in [0.1, 0.15) is 11.1 Å². The molecule has 0 spiro atoms. The summed E-state index contributed by atoms with van der Waals surface area (Å²) < 4.78 is 4.84. The monoisotopic (exact) mass is 197 g/mol. The minimum atomic E-state index is -0.160. The first kappa shape index (κ1) is 9.69. The summed E-state index contributed by atoms with van der Waals surface area (Å²) in [6.45, 7) is 1.67. The highest BCUT2D eigenvalue weighted by Crippen LogP contribution is 2.36. The summed E-state index contributed by atoms with van der Waals surface area (Å²) in [5.74, 6) is 0.0547. The number of phenols is 1. The Hall–Kier alpha value is -1.40. The van der Waals surface area contributed by atoms with Gasteiger partial charge in [-0.05, 0) is 12.5 Å². The number of hydrogen-bond donors (Lipinski definition) is 1. The molecule has 0 unspecified atom stereocenters. The number of benzene rings is 1. The molecule has 68 valence electrons. The van der Waals surface area contributed by atoms with Gasteiger partial charge in [0.15, 0.2) is 11.5 Å². The van der Waals surface area contributed by atoms with Crippen LogP contribution < -0.4 is 4.74 Å². The fourth-order valence-corrected chi connectivity index (χ4v) is 1.20. The molecule has 0 heterocycles. The molecule has 0 fully saturated rings. The second kappa shape index (κ2) is 3.55. The van der Waals surface area contributed by atoms with Crippen molar-refractivity contribution in [2.75, 3.05) is 7.11 Å². The van der Waals surface area contributed by atoms with Gasteiger partial charge in [-0.15, -0.1) is 0 Å². The van der Waals surface area contributed by atoms with Gasteiger partial charge in [0, 0.05) is 11.1 Å². The van der Waals surface area contributed by atoms with Crippen molar-refractivity contribution in [3.05, 3.63) is 22.2 Å². The van der Waals surface area contributed by atoms with Crippen LogP contribution in [0.2, 0.25) is 5.02 Å². The van der Waals surface area contributed by atoms with Gasteiger partial charge in [-0.25, -0.2) is 0 Å². The summed E-state index contributed by atoms with van der Waals surface area (Å²) in [6, 6.07) is 3.34. The SMILES string of the molecule is COc1cc(Cl)c(C)c(C#N)c1O. The van der Waals surface area contributed by atoms with Crippen LogP contribution in [0.5, 0.6) is 11.5 Å². The minimum absolute atomic E-state index is 0.157. The normalized spacial score (nSPS) is 9.38. The lowest BCUT2D eigenvalue weighted by atomic mass is 10.1. The first-order valence-electron chi connectivity index (χ1n) is 3.58. The fraction of sp³-hybridized carbons (Fsp3) is 0.222. The predicted octanol–water partition coefficient (Wildman–Crippen LogP) is 2.23. The molecular formula is C9H8ClNO2. The van der Waals surface area contributed by atoms with Gasteiger partial charge in [0.1, 0.15) is 11.6 Å². The molecule has 0 aromatic heterocycles. The van der Waals surface area contributed by atoms with E-state index in [2.05, 4.69) is 0 Å². The Morgan fingerprint density at radius 3 is 2.69 bits per heavy atom. The first-order chi connectivity index (χ1) is 6.11. The van der Waals surface area contributed by atoms with Crippen molar-refractivity contribution in [2.24, 2.45) is 0 Å². The number of hydrogen-bond acceptors (Lipinski definition) is 3. The molecule has 0 aliphatic rings. The van der Waals surface area contributed by atoms with Crippen molar-refractivity contribution >= 4 is 11.6 Å². The van der Waals surface area contributed by atoms with Crippen LogP contribution in [-0.4, -0.2) is 12.2 Å². The van der Waals surface area contributed by atoms with Crippen molar-refractivity contribution in [1.29, 1.82) is 5.26 Å². The van der Waals surface area contributed by atoms with Crippen LogP contribution in [0.3, 0.4) is 0 Å². The summed E-state index contributed by atoms with van der Waals surface area (Å²) in [7, 11) is 1.40. The van der Waals surface area contributed by atoms with Crippen molar-refractivity contribution in [3.8, 4) is 17.6 Å². The standard InChI is InChI=1S/C9H8ClNO2/c1-5-6(4-11)9(12)8(13-2)3-7(5)10/h3,12H,1-2H3. The molecule has 1 aromatic carbocycles. The van der Waals surface area contributed by atoms with Crippen molar-refractivity contribution in [3.63, 3.8) is 0 Å². The molecule has 3 nitrogen and oxygen atoms in total. The average molecular weight is 198 g/mol. The van der Waals surface area contributed by atoms with E-state index in [1.54, 1.807) is 6.92 Å². The number of phenolic OH excluding ortho intramolecular Hbond substituents is 1. The van der Waals surface area contributed by atoms with E-state index in [-0.39, 0.29) is 17.1 Å². The minimum Gasteiger partial charge on any atom is -0.503 e. The van der Waals surface area contributed by atoms with Crippen LogP contribution >= 0.6 is 11.6 Å². The third-order valence-corrected chi connectivity index (χ3v) is 2.19. The van der Waals surface area contributed by atoms with Crippen LogP contribution in [0.25, 0.3) is 0 Å². The Labute approximate surface area is 81.1 Å². The maximum absolute atomic E-state index is 9.49. The topological polar surface area (TPSA) is 53.2 Å². The molecule has 0 saturated carbocycles. The summed E-state index contributed by atoms with van der Waals surface area (Å²) in [5, 5.41) is 18.6. The van der Waals surface area contributed by atoms with Gasteiger partial charge in [-0.3, -0.25) is 0 Å². The molecule has 1 N–H and O–H groups in total. The summed E-state index contributed by atoms with van der Waals surface area (Å²) in [6.07, 6.45) is 0. The van der Waals surface area contributed by atoms with E-state index >= 15 is 0 Å². The van der Waals surface area contributed by atoms with Gasteiger partial charge in [-0.1, -0.05) is 11.6 Å². The zero-order valence-electron chi connectivity index (χ0n) is 7.26. The first-order valence-corrected chi connectivity index (χ1v) is 3.95. The van der Waals surface area contributed by atoms with Gasteiger partial charge in [0.2, 0.25) is 0 Å².